The Kier molecular flexibility index (Phi) is 6.18. The second-order valence-electron chi connectivity index (χ2n) is 12.0. The van der Waals surface area contributed by atoms with Gasteiger partial charge in [0.05, 0.1) is 34.9 Å². The van der Waals surface area contributed by atoms with Crippen molar-refractivity contribution >= 4 is 18.0 Å². The molecule has 5 rings (SSSR count). The molecule has 0 aromatic carbocycles. The van der Waals surface area contributed by atoms with Crippen molar-refractivity contribution in [3.63, 3.8) is 0 Å². The van der Waals surface area contributed by atoms with Gasteiger partial charge in [0.1, 0.15) is 12.4 Å². The maximum Gasteiger partial charge on any atom is 0.302 e. The molecule has 4 saturated carbocycles. The van der Waals surface area contributed by atoms with Gasteiger partial charge in [-0.1, -0.05) is 6.92 Å². The van der Waals surface area contributed by atoms with Crippen molar-refractivity contribution in [3.8, 4) is 0 Å². The molecule has 1 aliphatic heterocycles. The Bertz CT molecular complexity index is 965. The molecule has 1 heterocycles. The number of methoxy groups -OCH3 is 1. The van der Waals surface area contributed by atoms with Crippen LogP contribution in [0.5, 0.6) is 0 Å². The predicted octanol–water partition coefficient (Wildman–Crippen LogP) is 2.22. The van der Waals surface area contributed by atoms with E-state index in [9.17, 15) is 29.7 Å². The number of fused-ring (bicyclic) bond motifs is 3. The Morgan fingerprint density at radius 3 is 2.42 bits per heavy atom. The van der Waals surface area contributed by atoms with Crippen LogP contribution in [0.25, 0.3) is 0 Å². The van der Waals surface area contributed by atoms with E-state index in [2.05, 4.69) is 6.92 Å². The van der Waals surface area contributed by atoms with Crippen molar-refractivity contribution in [1.29, 1.82) is 0 Å². The molecule has 0 aromatic heterocycles. The van der Waals surface area contributed by atoms with Crippen molar-refractivity contribution < 1.29 is 43.9 Å². The van der Waals surface area contributed by atoms with E-state index in [-0.39, 0.29) is 48.2 Å². The fraction of sp³-hybridized carbons (Fsp3) is 0.815. The fourth-order valence-corrected chi connectivity index (χ4v) is 9.62. The minimum atomic E-state index is -1.49. The minimum absolute atomic E-state index is 0.0153. The van der Waals surface area contributed by atoms with Crippen LogP contribution in [0.15, 0.2) is 12.3 Å². The molecule has 36 heavy (non-hydrogen) atoms. The van der Waals surface area contributed by atoms with Crippen molar-refractivity contribution in [1.82, 2.24) is 0 Å². The summed E-state index contributed by atoms with van der Waals surface area (Å²) in [6, 6.07) is 0. The lowest BCUT2D eigenvalue weighted by atomic mass is 9.40. The topological polar surface area (TPSA) is 140 Å². The Morgan fingerprint density at radius 1 is 1.08 bits per heavy atom. The third-order valence-corrected chi connectivity index (χ3v) is 10.9. The van der Waals surface area contributed by atoms with Crippen LogP contribution >= 0.6 is 0 Å². The number of esters is 1. The average molecular weight is 507 g/mol. The summed E-state index contributed by atoms with van der Waals surface area (Å²) in [5.41, 5.74) is -3.90. The summed E-state index contributed by atoms with van der Waals surface area (Å²) in [7, 11) is 1.51. The summed E-state index contributed by atoms with van der Waals surface area (Å²) in [5, 5.41) is 32.6. The third kappa shape index (κ3) is 3.12. The molecule has 5 fully saturated rings. The van der Waals surface area contributed by atoms with Crippen LogP contribution in [0.1, 0.15) is 65.2 Å². The lowest BCUT2D eigenvalue weighted by Gasteiger charge is -2.68. The number of carbonyl (C=O) groups excluding carboxylic acids is 3. The zero-order chi connectivity index (χ0) is 26.1. The molecule has 1 unspecified atom stereocenters. The Balaban J connectivity index is 1.54. The third-order valence-electron chi connectivity index (χ3n) is 10.9. The average Bonchev–Trinajstić information content (AvgIpc) is 2.98. The summed E-state index contributed by atoms with van der Waals surface area (Å²) in [6.45, 7) is 3.46. The normalized spacial score (nSPS) is 51.6. The van der Waals surface area contributed by atoms with E-state index in [0.29, 0.717) is 25.7 Å². The quantitative estimate of drug-likeness (QED) is 0.222. The van der Waals surface area contributed by atoms with Gasteiger partial charge in [-0.15, -0.1) is 0 Å². The number of hydrogen-bond acceptors (Lipinski definition) is 9. The Morgan fingerprint density at radius 2 is 1.78 bits per heavy atom. The first-order valence-electron chi connectivity index (χ1n) is 13.1. The second-order valence-corrected chi connectivity index (χ2v) is 12.0. The molecule has 1 saturated heterocycles. The Labute approximate surface area is 211 Å². The molecule has 11 atom stereocenters. The van der Waals surface area contributed by atoms with E-state index in [0.717, 1.165) is 19.0 Å². The molecule has 0 radical (unpaired) electrons. The maximum atomic E-state index is 13.0. The first-order valence-corrected chi connectivity index (χ1v) is 13.1. The molecule has 3 N–H and O–H groups in total. The van der Waals surface area contributed by atoms with Crippen LogP contribution < -0.4 is 0 Å². The molecule has 0 aromatic rings. The van der Waals surface area contributed by atoms with Crippen molar-refractivity contribution in [2.75, 3.05) is 7.11 Å². The van der Waals surface area contributed by atoms with E-state index >= 15 is 0 Å². The summed E-state index contributed by atoms with van der Waals surface area (Å²) in [5.74, 6) is -1.70. The highest BCUT2D eigenvalue weighted by molar-refractivity contribution is 5.92. The van der Waals surface area contributed by atoms with Crippen molar-refractivity contribution in [3.05, 3.63) is 12.3 Å². The number of ether oxygens (including phenoxy) is 3. The van der Waals surface area contributed by atoms with Gasteiger partial charge in [-0.2, -0.15) is 0 Å². The van der Waals surface area contributed by atoms with Gasteiger partial charge in [0.25, 0.3) is 0 Å². The Hall–Kier alpha value is -1.81. The fourth-order valence-electron chi connectivity index (χ4n) is 9.62. The first kappa shape index (κ1) is 25.8. The predicted molar refractivity (Wildman–Crippen MR) is 125 cm³/mol. The molecule has 200 valence electrons. The van der Waals surface area contributed by atoms with Crippen LogP contribution in [-0.4, -0.2) is 70.2 Å². The lowest BCUT2D eigenvalue weighted by molar-refractivity contribution is -0.343. The first-order chi connectivity index (χ1) is 17.0. The largest absolute Gasteiger partial charge is 0.515 e. The van der Waals surface area contributed by atoms with E-state index in [1.807, 2.05) is 0 Å². The standard InChI is InChI=1S/C27H38O9/c1-15(30)35-16-12-21(32)26(14-29)17-4-8-24(2)19-6-10-27(24,18(17)5-9-25(26,33)13-16)36-23(34-3)22(19)20(31)7-11-28/h7,11,14,16-19,21-23,28,32-33H,4-6,8-10,12-13H2,1-3H3/b11-7+/t16-,17-,18+,19+,21+,22?,23-,24+,25-,26-,27-/m0/s1. The molecule has 9 nitrogen and oxygen atoms in total. The van der Waals surface area contributed by atoms with Crippen LogP contribution in [0, 0.1) is 34.5 Å². The maximum absolute atomic E-state index is 13.0. The molecule has 0 amide bonds. The zero-order valence-corrected chi connectivity index (χ0v) is 21.2. The van der Waals surface area contributed by atoms with E-state index in [1.54, 1.807) is 0 Å². The van der Waals surface area contributed by atoms with Gasteiger partial charge in [0, 0.05) is 38.4 Å². The molecule has 2 bridgehead atoms. The van der Waals surface area contributed by atoms with Gasteiger partial charge in [0.2, 0.25) is 0 Å². The van der Waals surface area contributed by atoms with Crippen molar-refractivity contribution in [2.24, 2.45) is 34.5 Å². The number of aliphatic hydroxyl groups is 3. The number of aldehydes is 1. The van der Waals surface area contributed by atoms with Gasteiger partial charge in [-0.25, -0.2) is 0 Å². The number of allylic oxidation sites excluding steroid dienone is 1. The summed E-state index contributed by atoms with van der Waals surface area (Å²) < 4.78 is 17.8. The zero-order valence-electron chi connectivity index (χ0n) is 21.2. The second kappa shape index (κ2) is 8.61. The van der Waals surface area contributed by atoms with Gasteiger partial charge >= 0.3 is 5.97 Å². The number of ketones is 1. The summed E-state index contributed by atoms with van der Waals surface area (Å²) >= 11 is 0. The van der Waals surface area contributed by atoms with Crippen LogP contribution in [-0.2, 0) is 28.6 Å². The molecular weight excluding hydrogens is 468 g/mol. The monoisotopic (exact) mass is 506 g/mol. The van der Waals surface area contributed by atoms with Crippen LogP contribution in [0.3, 0.4) is 0 Å². The number of aliphatic hydroxyl groups excluding tert-OH is 2. The van der Waals surface area contributed by atoms with Gasteiger partial charge < -0.3 is 34.3 Å². The number of rotatable bonds is 5. The van der Waals surface area contributed by atoms with Gasteiger partial charge in [-0.3, -0.25) is 9.59 Å². The summed E-state index contributed by atoms with van der Waals surface area (Å²) in [4.78, 5) is 37.5. The number of carbonyl (C=O) groups is 3. The SMILES string of the molecule is CO[C@H]1O[C@]23CC[C@H](C1C(=O)/C=C/O)[C@@]2(C)CC[C@H]1[C@H]3CC[C@]2(O)C[C@@H](OC(C)=O)C[C@@H](O)[C@]12C=O. The molecule has 5 aliphatic rings. The smallest absolute Gasteiger partial charge is 0.302 e. The highest BCUT2D eigenvalue weighted by Gasteiger charge is 2.77. The number of hydrogen-bond donors (Lipinski definition) is 3. The molecule has 0 spiro atoms. The molecule has 9 heteroatoms. The van der Waals surface area contributed by atoms with Gasteiger partial charge in [0.15, 0.2) is 12.1 Å². The van der Waals surface area contributed by atoms with E-state index in [4.69, 9.17) is 14.2 Å². The molecular formula is C27H38O9. The van der Waals surface area contributed by atoms with E-state index < -0.39 is 47.0 Å². The van der Waals surface area contributed by atoms with Gasteiger partial charge in [-0.05, 0) is 56.3 Å². The molecule has 4 aliphatic carbocycles. The van der Waals surface area contributed by atoms with Crippen LogP contribution in [0.2, 0.25) is 0 Å². The highest BCUT2D eigenvalue weighted by Crippen LogP contribution is 2.73. The lowest BCUT2D eigenvalue weighted by Crippen LogP contribution is -2.74. The van der Waals surface area contributed by atoms with Crippen molar-refractivity contribution in [2.45, 2.75) is 94.9 Å². The summed E-state index contributed by atoms with van der Waals surface area (Å²) in [6.07, 6.45) is 3.91. The minimum Gasteiger partial charge on any atom is -0.515 e. The highest BCUT2D eigenvalue weighted by atomic mass is 16.7. The van der Waals surface area contributed by atoms with E-state index in [1.165, 1.54) is 20.1 Å². The van der Waals surface area contributed by atoms with Crippen LogP contribution in [0.4, 0.5) is 0 Å².